The summed E-state index contributed by atoms with van der Waals surface area (Å²) < 4.78 is 42.1. The first kappa shape index (κ1) is 14.5. The van der Waals surface area contributed by atoms with Crippen molar-refractivity contribution in [3.8, 4) is 0 Å². The van der Waals surface area contributed by atoms with Gasteiger partial charge in [0, 0.05) is 12.1 Å². The van der Waals surface area contributed by atoms with Crippen molar-refractivity contribution in [3.05, 3.63) is 0 Å². The van der Waals surface area contributed by atoms with Gasteiger partial charge in [0.25, 0.3) is 5.13 Å². The molecule has 0 aliphatic rings. The summed E-state index contributed by atoms with van der Waals surface area (Å²) in [5.41, 5.74) is 0. The molecule has 1 aromatic rings. The molecule has 0 amide bonds. The normalized spacial score (nSPS) is 10.6. The average Bonchev–Trinajstić information content (AvgIpc) is 2.43. The molecule has 0 atom stereocenters. The predicted molar refractivity (Wildman–Crippen MR) is 54.8 cm³/mol. The number of nitrogens with zero attached hydrogens (tertiary/aromatic N) is 2. The zero-order chi connectivity index (χ0) is 12.1. The van der Waals surface area contributed by atoms with Crippen LogP contribution in [0.25, 0.3) is 0 Å². The predicted octanol–water partition coefficient (Wildman–Crippen LogP) is 2.03. The van der Waals surface area contributed by atoms with Crippen molar-refractivity contribution in [1.29, 1.82) is 0 Å². The molecule has 0 aromatic carbocycles. The summed E-state index contributed by atoms with van der Waals surface area (Å²) in [5, 5.41) is 8.16. The maximum atomic E-state index is 9.75. The van der Waals surface area contributed by atoms with E-state index in [2.05, 4.69) is 10.4 Å². The molecular weight excluding hydrogens is 253 g/mol. The van der Waals surface area contributed by atoms with E-state index >= 15 is 0 Å². The van der Waals surface area contributed by atoms with Crippen molar-refractivity contribution in [2.24, 2.45) is 7.05 Å². The maximum Gasteiger partial charge on any atom is 0.673 e. The summed E-state index contributed by atoms with van der Waals surface area (Å²) in [6.07, 6.45) is 2.05. The van der Waals surface area contributed by atoms with Crippen LogP contribution in [0.3, 0.4) is 0 Å². The monoisotopic (exact) mass is 263 g/mol. The standard InChI is InChI=1S/C5H10N3S2.BF4/c1-6-4-7-8(2)5(9-3)10-4;2-1(3,4)5/h1-3H3,(H,6,7);/q+1;-1. The molecule has 1 heterocycles. The van der Waals surface area contributed by atoms with Gasteiger partial charge in [0.15, 0.2) is 7.05 Å². The number of rotatable bonds is 2. The Hall–Kier alpha value is -0.505. The van der Waals surface area contributed by atoms with Crippen LogP contribution < -0.4 is 10.00 Å². The summed E-state index contributed by atoms with van der Waals surface area (Å²) in [5.74, 6) is 0. The second-order valence-corrected chi connectivity index (χ2v) is 4.28. The van der Waals surface area contributed by atoms with Crippen molar-refractivity contribution < 1.29 is 21.9 Å². The topological polar surface area (TPSA) is 28.8 Å². The zero-order valence-electron chi connectivity index (χ0n) is 8.30. The van der Waals surface area contributed by atoms with Crippen LogP contribution in [0.1, 0.15) is 0 Å². The Morgan fingerprint density at radius 1 is 1.40 bits per heavy atom. The fourth-order valence-corrected chi connectivity index (χ4v) is 2.10. The van der Waals surface area contributed by atoms with Crippen LogP contribution in [-0.2, 0) is 7.05 Å². The third kappa shape index (κ3) is 7.43. The quantitative estimate of drug-likeness (QED) is 0.383. The van der Waals surface area contributed by atoms with Crippen LogP contribution in [0.5, 0.6) is 0 Å². The van der Waals surface area contributed by atoms with Crippen molar-refractivity contribution in [2.75, 3.05) is 18.6 Å². The van der Waals surface area contributed by atoms with Gasteiger partial charge < -0.3 is 22.6 Å². The van der Waals surface area contributed by atoms with Crippen molar-refractivity contribution in [3.63, 3.8) is 0 Å². The van der Waals surface area contributed by atoms with Crippen molar-refractivity contribution >= 4 is 35.5 Å². The molecule has 88 valence electrons. The lowest BCUT2D eigenvalue weighted by atomic mass is 10.3. The van der Waals surface area contributed by atoms with E-state index in [4.69, 9.17) is 0 Å². The van der Waals surface area contributed by atoms with E-state index in [1.807, 2.05) is 25.0 Å². The van der Waals surface area contributed by atoms with Gasteiger partial charge in [-0.15, -0.1) is 0 Å². The van der Waals surface area contributed by atoms with Gasteiger partial charge in [0.2, 0.25) is 0 Å². The van der Waals surface area contributed by atoms with Gasteiger partial charge >= 0.3 is 11.6 Å². The Labute approximate surface area is 93.0 Å². The highest BCUT2D eigenvalue weighted by Gasteiger charge is 2.20. The number of thioether (sulfide) groups is 1. The van der Waals surface area contributed by atoms with E-state index in [0.717, 1.165) is 5.13 Å². The highest BCUT2D eigenvalue weighted by molar-refractivity contribution is 8.00. The molecule has 0 aliphatic heterocycles. The Morgan fingerprint density at radius 2 is 1.87 bits per heavy atom. The van der Waals surface area contributed by atoms with Crippen molar-refractivity contribution in [1.82, 2.24) is 5.10 Å². The molecule has 1 N–H and O–H groups in total. The van der Waals surface area contributed by atoms with Gasteiger partial charge in [-0.3, -0.25) is 0 Å². The average molecular weight is 263 g/mol. The third-order valence-corrected chi connectivity index (χ3v) is 3.36. The number of nitrogens with one attached hydrogen (secondary N) is 1. The molecule has 0 saturated heterocycles. The van der Waals surface area contributed by atoms with Gasteiger partial charge in [0.1, 0.15) is 0 Å². The van der Waals surface area contributed by atoms with E-state index in [9.17, 15) is 17.3 Å². The molecule has 0 aliphatic carbocycles. The molecule has 15 heavy (non-hydrogen) atoms. The molecule has 0 saturated carbocycles. The number of aryl methyl sites for hydroxylation is 1. The van der Waals surface area contributed by atoms with Crippen LogP contribution in [0, 0.1) is 0 Å². The molecule has 10 heteroatoms. The smallest absolute Gasteiger partial charge is 0.418 e. The summed E-state index contributed by atoms with van der Waals surface area (Å²) in [6, 6.07) is 0. The highest BCUT2D eigenvalue weighted by atomic mass is 32.2. The van der Waals surface area contributed by atoms with Crippen LogP contribution in [0.4, 0.5) is 22.4 Å². The number of aromatic nitrogens is 2. The van der Waals surface area contributed by atoms with Crippen LogP contribution >= 0.6 is 23.1 Å². The second kappa shape index (κ2) is 6.16. The van der Waals surface area contributed by atoms with Gasteiger partial charge in [-0.2, -0.15) is 0 Å². The van der Waals surface area contributed by atoms with E-state index in [1.165, 1.54) is 4.34 Å². The largest absolute Gasteiger partial charge is 0.673 e. The van der Waals surface area contributed by atoms with E-state index in [1.54, 1.807) is 23.1 Å². The van der Waals surface area contributed by atoms with E-state index in [-0.39, 0.29) is 0 Å². The van der Waals surface area contributed by atoms with E-state index < -0.39 is 7.25 Å². The Morgan fingerprint density at radius 3 is 2.07 bits per heavy atom. The van der Waals surface area contributed by atoms with Gasteiger partial charge in [-0.05, 0) is 29.4 Å². The molecule has 0 spiro atoms. The molecule has 1 aromatic heterocycles. The lowest BCUT2D eigenvalue weighted by molar-refractivity contribution is -0.757. The minimum atomic E-state index is -6.00. The van der Waals surface area contributed by atoms with Gasteiger partial charge in [-0.25, -0.2) is 0 Å². The lowest BCUT2D eigenvalue weighted by Crippen LogP contribution is -2.31. The van der Waals surface area contributed by atoms with Gasteiger partial charge in [0.05, 0.1) is 0 Å². The minimum absolute atomic E-state index is 0.965. The summed E-state index contributed by atoms with van der Waals surface area (Å²) in [4.78, 5) is 0. The summed E-state index contributed by atoms with van der Waals surface area (Å²) in [6.45, 7) is 0. The fraction of sp³-hybridized carbons (Fsp3) is 0.600. The molecule has 0 fully saturated rings. The summed E-state index contributed by atoms with van der Waals surface area (Å²) in [7, 11) is -2.17. The Kier molecular flexibility index (Phi) is 5.95. The lowest BCUT2D eigenvalue weighted by Gasteiger charge is -1.94. The zero-order valence-corrected chi connectivity index (χ0v) is 9.93. The molecule has 1 rings (SSSR count). The number of hydrogen-bond donors (Lipinski definition) is 1. The maximum absolute atomic E-state index is 9.75. The fourth-order valence-electron chi connectivity index (χ4n) is 0.621. The van der Waals surface area contributed by atoms with Crippen LogP contribution in [-0.4, -0.2) is 25.7 Å². The first-order chi connectivity index (χ1) is 6.77. The minimum Gasteiger partial charge on any atom is -0.418 e. The second-order valence-electron chi connectivity index (χ2n) is 2.25. The van der Waals surface area contributed by atoms with Crippen LogP contribution in [0.15, 0.2) is 4.34 Å². The van der Waals surface area contributed by atoms with E-state index in [0.29, 0.717) is 0 Å². The molecule has 0 bridgehead atoms. The van der Waals surface area contributed by atoms with Gasteiger partial charge in [-0.1, -0.05) is 4.68 Å². The molecule has 3 nitrogen and oxygen atoms in total. The number of halogens is 4. The third-order valence-electron chi connectivity index (χ3n) is 1.08. The Bertz CT molecular complexity index is 297. The first-order valence-electron chi connectivity index (χ1n) is 3.74. The molecule has 0 radical (unpaired) electrons. The molecule has 0 unspecified atom stereocenters. The number of hydrogen-bond acceptors (Lipinski definition) is 4. The number of anilines is 1. The van der Waals surface area contributed by atoms with Crippen LogP contribution in [0.2, 0.25) is 0 Å². The van der Waals surface area contributed by atoms with Crippen molar-refractivity contribution in [2.45, 2.75) is 4.34 Å². The SMILES string of the molecule is CNc1n[n+](C)c(SC)s1.F[B-](F)(F)F. The highest BCUT2D eigenvalue weighted by Crippen LogP contribution is 2.20. The molecular formula is C5H10BF4N3S2. The first-order valence-corrected chi connectivity index (χ1v) is 5.78. The Balaban J connectivity index is 0.000000336. The summed E-state index contributed by atoms with van der Waals surface area (Å²) >= 11 is 3.37.